The lowest BCUT2D eigenvalue weighted by atomic mass is 10.1. The predicted molar refractivity (Wildman–Crippen MR) is 82.5 cm³/mol. The summed E-state index contributed by atoms with van der Waals surface area (Å²) >= 11 is 0. The van der Waals surface area contributed by atoms with Crippen molar-refractivity contribution in [1.29, 1.82) is 0 Å². The first-order valence-electron chi connectivity index (χ1n) is 7.30. The fourth-order valence-corrected chi connectivity index (χ4v) is 2.14. The van der Waals surface area contributed by atoms with Crippen LogP contribution in [0.25, 0.3) is 0 Å². The molecule has 1 atom stereocenters. The first kappa shape index (κ1) is 16.7. The zero-order chi connectivity index (χ0) is 15.2. The van der Waals surface area contributed by atoms with E-state index >= 15 is 0 Å². The summed E-state index contributed by atoms with van der Waals surface area (Å²) in [4.78, 5) is 14.4. The molecule has 0 aliphatic heterocycles. The van der Waals surface area contributed by atoms with E-state index in [2.05, 4.69) is 24.0 Å². The molecular formula is C17H27NO2. The Morgan fingerprint density at radius 1 is 1.25 bits per heavy atom. The Morgan fingerprint density at radius 2 is 1.85 bits per heavy atom. The maximum Gasteiger partial charge on any atom is 0.323 e. The van der Waals surface area contributed by atoms with Gasteiger partial charge >= 0.3 is 5.97 Å². The summed E-state index contributed by atoms with van der Waals surface area (Å²) in [6, 6.07) is 10.0. The van der Waals surface area contributed by atoms with Crippen molar-refractivity contribution >= 4 is 5.97 Å². The Balaban J connectivity index is 2.71. The van der Waals surface area contributed by atoms with Crippen LogP contribution in [0.15, 0.2) is 30.3 Å². The van der Waals surface area contributed by atoms with E-state index in [1.165, 1.54) is 5.56 Å². The number of ether oxygens (including phenoxy) is 1. The van der Waals surface area contributed by atoms with Crippen LogP contribution in [0.3, 0.4) is 0 Å². The van der Waals surface area contributed by atoms with Gasteiger partial charge in [0.1, 0.15) is 11.6 Å². The zero-order valence-electron chi connectivity index (χ0n) is 13.3. The molecule has 0 radical (unpaired) electrons. The van der Waals surface area contributed by atoms with Crippen molar-refractivity contribution in [3.63, 3.8) is 0 Å². The van der Waals surface area contributed by atoms with Crippen LogP contribution in [0.5, 0.6) is 0 Å². The third-order valence-corrected chi connectivity index (χ3v) is 3.05. The SMILES string of the molecule is CCC[C@@H](C(=O)OC(C)(C)C)N(C)Cc1ccccc1. The molecule has 0 heterocycles. The summed E-state index contributed by atoms with van der Waals surface area (Å²) in [6.07, 6.45) is 1.78. The van der Waals surface area contributed by atoms with Gasteiger partial charge in [0.15, 0.2) is 0 Å². The van der Waals surface area contributed by atoms with Crippen LogP contribution in [0.2, 0.25) is 0 Å². The van der Waals surface area contributed by atoms with Gasteiger partial charge in [-0.1, -0.05) is 43.7 Å². The molecule has 0 spiro atoms. The summed E-state index contributed by atoms with van der Waals surface area (Å²) in [5, 5.41) is 0. The number of hydrogen-bond donors (Lipinski definition) is 0. The molecule has 0 amide bonds. The normalized spacial score (nSPS) is 13.3. The van der Waals surface area contributed by atoms with Gasteiger partial charge in [-0.05, 0) is 39.8 Å². The standard InChI is InChI=1S/C17H27NO2/c1-6-10-15(16(19)20-17(2,3)4)18(5)13-14-11-8-7-9-12-14/h7-9,11-12,15H,6,10,13H2,1-5H3/t15-/m0/s1. The van der Waals surface area contributed by atoms with E-state index < -0.39 is 5.60 Å². The molecule has 3 nitrogen and oxygen atoms in total. The lowest BCUT2D eigenvalue weighted by Crippen LogP contribution is -2.42. The van der Waals surface area contributed by atoms with Gasteiger partial charge in [-0.25, -0.2) is 0 Å². The van der Waals surface area contributed by atoms with Crippen LogP contribution in [-0.4, -0.2) is 29.6 Å². The molecule has 0 saturated heterocycles. The first-order chi connectivity index (χ1) is 9.33. The minimum absolute atomic E-state index is 0.127. The minimum atomic E-state index is -0.434. The number of benzene rings is 1. The van der Waals surface area contributed by atoms with Crippen LogP contribution in [-0.2, 0) is 16.1 Å². The van der Waals surface area contributed by atoms with E-state index in [1.54, 1.807) is 0 Å². The van der Waals surface area contributed by atoms with Crippen molar-refractivity contribution in [3.05, 3.63) is 35.9 Å². The zero-order valence-corrected chi connectivity index (χ0v) is 13.3. The van der Waals surface area contributed by atoms with Crippen LogP contribution < -0.4 is 0 Å². The molecule has 0 unspecified atom stereocenters. The fourth-order valence-electron chi connectivity index (χ4n) is 2.14. The highest BCUT2D eigenvalue weighted by molar-refractivity contribution is 5.76. The Labute approximate surface area is 122 Å². The number of rotatable bonds is 6. The Kier molecular flexibility index (Phi) is 6.21. The van der Waals surface area contributed by atoms with Gasteiger partial charge in [-0.15, -0.1) is 0 Å². The molecule has 112 valence electrons. The van der Waals surface area contributed by atoms with Gasteiger partial charge in [-0.3, -0.25) is 9.69 Å². The van der Waals surface area contributed by atoms with E-state index in [0.717, 1.165) is 19.4 Å². The molecule has 1 rings (SSSR count). The van der Waals surface area contributed by atoms with Gasteiger partial charge < -0.3 is 4.74 Å². The van der Waals surface area contributed by atoms with Gasteiger partial charge in [0.05, 0.1) is 0 Å². The molecule has 20 heavy (non-hydrogen) atoms. The molecule has 0 fully saturated rings. The van der Waals surface area contributed by atoms with Crippen molar-refractivity contribution in [2.75, 3.05) is 7.05 Å². The van der Waals surface area contributed by atoms with Crippen LogP contribution in [0, 0.1) is 0 Å². The second kappa shape index (κ2) is 7.44. The number of hydrogen-bond acceptors (Lipinski definition) is 3. The summed E-state index contributed by atoms with van der Waals surface area (Å²) in [5.74, 6) is -0.127. The lowest BCUT2D eigenvalue weighted by Gasteiger charge is -2.29. The molecule has 0 N–H and O–H groups in total. The van der Waals surface area contributed by atoms with E-state index in [4.69, 9.17) is 4.74 Å². The lowest BCUT2D eigenvalue weighted by molar-refractivity contribution is -0.161. The topological polar surface area (TPSA) is 29.5 Å². The largest absolute Gasteiger partial charge is 0.459 e. The summed E-state index contributed by atoms with van der Waals surface area (Å²) in [5.41, 5.74) is 0.774. The molecule has 3 heteroatoms. The number of esters is 1. The highest BCUT2D eigenvalue weighted by Gasteiger charge is 2.27. The minimum Gasteiger partial charge on any atom is -0.459 e. The smallest absolute Gasteiger partial charge is 0.323 e. The summed E-state index contributed by atoms with van der Waals surface area (Å²) in [6.45, 7) is 8.57. The quantitative estimate of drug-likeness (QED) is 0.744. The number of carbonyl (C=O) groups excluding carboxylic acids is 1. The van der Waals surface area contributed by atoms with Gasteiger partial charge in [-0.2, -0.15) is 0 Å². The van der Waals surface area contributed by atoms with E-state index in [-0.39, 0.29) is 12.0 Å². The second-order valence-electron chi connectivity index (χ2n) is 6.24. The number of likely N-dealkylation sites (N-methyl/N-ethyl adjacent to an activating group) is 1. The van der Waals surface area contributed by atoms with E-state index in [0.29, 0.717) is 0 Å². The molecule has 1 aromatic carbocycles. The Morgan fingerprint density at radius 3 is 2.35 bits per heavy atom. The van der Waals surface area contributed by atoms with Crippen molar-refractivity contribution in [3.8, 4) is 0 Å². The summed E-state index contributed by atoms with van der Waals surface area (Å²) < 4.78 is 5.53. The highest BCUT2D eigenvalue weighted by Crippen LogP contribution is 2.16. The third kappa shape index (κ3) is 5.74. The van der Waals surface area contributed by atoms with Crippen molar-refractivity contribution in [1.82, 2.24) is 4.90 Å². The van der Waals surface area contributed by atoms with Crippen molar-refractivity contribution < 1.29 is 9.53 Å². The second-order valence-corrected chi connectivity index (χ2v) is 6.24. The van der Waals surface area contributed by atoms with Crippen molar-refractivity contribution in [2.45, 2.75) is 58.7 Å². The van der Waals surface area contributed by atoms with Gasteiger partial charge in [0.25, 0.3) is 0 Å². The molecule has 1 aromatic rings. The fraction of sp³-hybridized carbons (Fsp3) is 0.588. The number of carbonyl (C=O) groups is 1. The molecule has 0 bridgehead atoms. The predicted octanol–water partition coefficient (Wildman–Crippen LogP) is 3.63. The Bertz CT molecular complexity index is 409. The first-order valence-corrected chi connectivity index (χ1v) is 7.30. The van der Waals surface area contributed by atoms with Crippen molar-refractivity contribution in [2.24, 2.45) is 0 Å². The highest BCUT2D eigenvalue weighted by atomic mass is 16.6. The Hall–Kier alpha value is -1.35. The molecular weight excluding hydrogens is 250 g/mol. The third-order valence-electron chi connectivity index (χ3n) is 3.05. The van der Waals surface area contributed by atoms with E-state index in [1.807, 2.05) is 46.0 Å². The molecule has 0 aliphatic rings. The monoisotopic (exact) mass is 277 g/mol. The van der Waals surface area contributed by atoms with Gasteiger partial charge in [0, 0.05) is 6.54 Å². The maximum absolute atomic E-state index is 12.3. The molecule has 0 aromatic heterocycles. The van der Waals surface area contributed by atoms with E-state index in [9.17, 15) is 4.79 Å². The molecule has 0 aliphatic carbocycles. The summed E-state index contributed by atoms with van der Waals surface area (Å²) in [7, 11) is 1.98. The van der Waals surface area contributed by atoms with Crippen LogP contribution in [0.4, 0.5) is 0 Å². The van der Waals surface area contributed by atoms with Crippen LogP contribution in [0.1, 0.15) is 46.1 Å². The molecule has 0 saturated carbocycles. The maximum atomic E-state index is 12.3. The van der Waals surface area contributed by atoms with Gasteiger partial charge in [0.2, 0.25) is 0 Å². The van der Waals surface area contributed by atoms with Crippen LogP contribution >= 0.6 is 0 Å². The average Bonchev–Trinajstić information content (AvgIpc) is 2.34. The number of nitrogens with zero attached hydrogens (tertiary/aromatic N) is 1. The average molecular weight is 277 g/mol.